The summed E-state index contributed by atoms with van der Waals surface area (Å²) in [6.45, 7) is 1.71. The lowest BCUT2D eigenvalue weighted by Crippen LogP contribution is -2.03. The summed E-state index contributed by atoms with van der Waals surface area (Å²) in [4.78, 5) is 10.5. The molecule has 0 spiro atoms. The van der Waals surface area contributed by atoms with Gasteiger partial charge in [0.2, 0.25) is 0 Å². The molecule has 1 aromatic rings. The number of carbonyl (C=O) groups excluding carboxylic acids is 1. The molecule has 0 N–H and O–H groups in total. The van der Waals surface area contributed by atoms with E-state index in [1.165, 1.54) is 19.1 Å². The standard InChI is InChI=1S/C10H11FO2/c1-8(12)6-7-13-10-5-3-2-4-9(10)11/h2-5H,6-7H2,1H3. The van der Waals surface area contributed by atoms with Gasteiger partial charge in [0.1, 0.15) is 5.78 Å². The second-order valence-corrected chi connectivity index (χ2v) is 2.73. The van der Waals surface area contributed by atoms with Crippen molar-refractivity contribution < 1.29 is 13.9 Å². The number of ketones is 1. The van der Waals surface area contributed by atoms with Crippen LogP contribution in [0.2, 0.25) is 0 Å². The Kier molecular flexibility index (Phi) is 3.43. The van der Waals surface area contributed by atoms with Crippen LogP contribution in [-0.4, -0.2) is 12.4 Å². The highest BCUT2D eigenvalue weighted by Crippen LogP contribution is 2.15. The number of hydrogen-bond donors (Lipinski definition) is 0. The van der Waals surface area contributed by atoms with Crippen LogP contribution in [0.15, 0.2) is 24.3 Å². The van der Waals surface area contributed by atoms with E-state index in [0.717, 1.165) is 0 Å². The van der Waals surface area contributed by atoms with Crippen molar-refractivity contribution in [3.8, 4) is 5.75 Å². The van der Waals surface area contributed by atoms with Gasteiger partial charge in [0.05, 0.1) is 6.61 Å². The van der Waals surface area contributed by atoms with E-state index in [1.807, 2.05) is 0 Å². The molecule has 70 valence electrons. The van der Waals surface area contributed by atoms with Gasteiger partial charge in [0, 0.05) is 6.42 Å². The number of benzene rings is 1. The van der Waals surface area contributed by atoms with Crippen LogP contribution < -0.4 is 4.74 Å². The number of carbonyl (C=O) groups is 1. The lowest BCUT2D eigenvalue weighted by atomic mass is 10.3. The van der Waals surface area contributed by atoms with Crippen LogP contribution in [0.3, 0.4) is 0 Å². The summed E-state index contributed by atoms with van der Waals surface area (Å²) in [6, 6.07) is 6.14. The Morgan fingerprint density at radius 3 is 2.77 bits per heavy atom. The van der Waals surface area contributed by atoms with E-state index in [2.05, 4.69) is 0 Å². The molecule has 0 aromatic heterocycles. The van der Waals surface area contributed by atoms with E-state index in [-0.39, 0.29) is 18.1 Å². The quantitative estimate of drug-likeness (QED) is 0.713. The monoisotopic (exact) mass is 182 g/mol. The maximum atomic E-state index is 12.9. The molecule has 2 nitrogen and oxygen atoms in total. The minimum absolute atomic E-state index is 0.0383. The Bertz CT molecular complexity index is 297. The number of rotatable bonds is 4. The SMILES string of the molecule is CC(=O)CCOc1ccccc1F. The lowest BCUT2D eigenvalue weighted by molar-refractivity contribution is -0.117. The van der Waals surface area contributed by atoms with Crippen molar-refractivity contribution in [1.82, 2.24) is 0 Å². The van der Waals surface area contributed by atoms with Gasteiger partial charge >= 0.3 is 0 Å². The molecule has 0 atom stereocenters. The van der Waals surface area contributed by atoms with Gasteiger partial charge in [-0.25, -0.2) is 4.39 Å². The van der Waals surface area contributed by atoms with Crippen molar-refractivity contribution in [2.45, 2.75) is 13.3 Å². The Hall–Kier alpha value is -1.38. The molecular weight excluding hydrogens is 171 g/mol. The van der Waals surface area contributed by atoms with Crippen molar-refractivity contribution >= 4 is 5.78 Å². The molecule has 0 amide bonds. The summed E-state index contributed by atoms with van der Waals surface area (Å²) in [5.74, 6) is -0.161. The van der Waals surface area contributed by atoms with Crippen molar-refractivity contribution in [2.24, 2.45) is 0 Å². The first-order chi connectivity index (χ1) is 6.20. The third kappa shape index (κ3) is 3.23. The van der Waals surface area contributed by atoms with Crippen molar-refractivity contribution in [2.75, 3.05) is 6.61 Å². The van der Waals surface area contributed by atoms with E-state index in [0.29, 0.717) is 6.42 Å². The van der Waals surface area contributed by atoms with Crippen LogP contribution in [0, 0.1) is 5.82 Å². The number of hydrogen-bond acceptors (Lipinski definition) is 2. The van der Waals surface area contributed by atoms with Crippen LogP contribution in [0.1, 0.15) is 13.3 Å². The van der Waals surface area contributed by atoms with Gasteiger partial charge < -0.3 is 4.74 Å². The molecule has 3 heteroatoms. The molecule has 0 heterocycles. The smallest absolute Gasteiger partial charge is 0.165 e. The molecular formula is C10H11FO2. The number of Topliss-reactive ketones (excluding diaryl/α,β-unsaturated/α-hetero) is 1. The fraction of sp³-hybridized carbons (Fsp3) is 0.300. The predicted octanol–water partition coefficient (Wildman–Crippen LogP) is 2.18. The maximum absolute atomic E-state index is 12.9. The summed E-state index contributed by atoms with van der Waals surface area (Å²) in [7, 11) is 0. The van der Waals surface area contributed by atoms with E-state index < -0.39 is 5.82 Å². The minimum Gasteiger partial charge on any atom is -0.490 e. The molecule has 0 saturated heterocycles. The zero-order valence-corrected chi connectivity index (χ0v) is 7.42. The average Bonchev–Trinajstić information content (AvgIpc) is 2.08. The Balaban J connectivity index is 2.45. The van der Waals surface area contributed by atoms with Crippen LogP contribution >= 0.6 is 0 Å². The van der Waals surface area contributed by atoms with Crippen LogP contribution in [0.5, 0.6) is 5.75 Å². The van der Waals surface area contributed by atoms with Crippen LogP contribution in [-0.2, 0) is 4.79 Å². The molecule has 0 aliphatic heterocycles. The summed E-state index contributed by atoms with van der Waals surface area (Å²) in [5.41, 5.74) is 0. The second-order valence-electron chi connectivity index (χ2n) is 2.73. The zero-order chi connectivity index (χ0) is 9.68. The minimum atomic E-state index is -0.397. The van der Waals surface area contributed by atoms with Gasteiger partial charge in [-0.3, -0.25) is 4.79 Å². The molecule has 1 aromatic carbocycles. The van der Waals surface area contributed by atoms with E-state index in [4.69, 9.17) is 4.74 Å². The molecule has 13 heavy (non-hydrogen) atoms. The normalized spacial score (nSPS) is 9.69. The summed E-state index contributed by atoms with van der Waals surface area (Å²) in [5, 5.41) is 0. The van der Waals surface area contributed by atoms with Crippen LogP contribution in [0.4, 0.5) is 4.39 Å². The first kappa shape index (κ1) is 9.71. The molecule has 0 radical (unpaired) electrons. The number of ether oxygens (including phenoxy) is 1. The van der Waals surface area contributed by atoms with E-state index in [9.17, 15) is 9.18 Å². The summed E-state index contributed by atoms with van der Waals surface area (Å²) in [6.07, 6.45) is 0.314. The topological polar surface area (TPSA) is 26.3 Å². The van der Waals surface area contributed by atoms with Gasteiger partial charge in [-0.05, 0) is 19.1 Å². The van der Waals surface area contributed by atoms with Gasteiger partial charge in [0.15, 0.2) is 11.6 Å². The molecule has 0 fully saturated rings. The zero-order valence-electron chi connectivity index (χ0n) is 7.42. The van der Waals surface area contributed by atoms with Gasteiger partial charge in [-0.1, -0.05) is 12.1 Å². The molecule has 0 aliphatic carbocycles. The fourth-order valence-electron chi connectivity index (χ4n) is 0.867. The molecule has 0 saturated carbocycles. The number of halogens is 1. The lowest BCUT2D eigenvalue weighted by Gasteiger charge is -2.04. The summed E-state index contributed by atoms with van der Waals surface area (Å²) < 4.78 is 18.0. The van der Waals surface area contributed by atoms with Crippen molar-refractivity contribution in [3.05, 3.63) is 30.1 Å². The first-order valence-electron chi connectivity index (χ1n) is 4.07. The first-order valence-corrected chi connectivity index (χ1v) is 4.07. The molecule has 0 aliphatic rings. The Labute approximate surface area is 76.3 Å². The van der Waals surface area contributed by atoms with Crippen LogP contribution in [0.25, 0.3) is 0 Å². The third-order valence-electron chi connectivity index (χ3n) is 1.55. The highest BCUT2D eigenvalue weighted by molar-refractivity contribution is 5.75. The fourth-order valence-corrected chi connectivity index (χ4v) is 0.867. The second kappa shape index (κ2) is 4.60. The van der Waals surface area contributed by atoms with Crippen molar-refractivity contribution in [3.63, 3.8) is 0 Å². The summed E-state index contributed by atoms with van der Waals surface area (Å²) >= 11 is 0. The molecule has 1 rings (SSSR count). The predicted molar refractivity (Wildman–Crippen MR) is 47.2 cm³/mol. The van der Waals surface area contributed by atoms with Gasteiger partial charge in [0.25, 0.3) is 0 Å². The highest BCUT2D eigenvalue weighted by atomic mass is 19.1. The van der Waals surface area contributed by atoms with Crippen molar-refractivity contribution in [1.29, 1.82) is 0 Å². The van der Waals surface area contributed by atoms with Gasteiger partial charge in [-0.2, -0.15) is 0 Å². The number of para-hydroxylation sites is 1. The Morgan fingerprint density at radius 1 is 1.46 bits per heavy atom. The Morgan fingerprint density at radius 2 is 2.15 bits per heavy atom. The third-order valence-corrected chi connectivity index (χ3v) is 1.55. The van der Waals surface area contributed by atoms with E-state index in [1.54, 1.807) is 12.1 Å². The van der Waals surface area contributed by atoms with E-state index >= 15 is 0 Å². The molecule has 0 bridgehead atoms. The largest absolute Gasteiger partial charge is 0.490 e. The molecule has 0 unspecified atom stereocenters. The average molecular weight is 182 g/mol. The van der Waals surface area contributed by atoms with Gasteiger partial charge in [-0.15, -0.1) is 0 Å². The maximum Gasteiger partial charge on any atom is 0.165 e. The highest BCUT2D eigenvalue weighted by Gasteiger charge is 2.01.